The molecule has 12 heteroatoms. The largest absolute Gasteiger partial charge is 0.351 e. The predicted octanol–water partition coefficient (Wildman–Crippen LogP) is 3.66. The maximum atomic E-state index is 13.3. The molecule has 0 aliphatic carbocycles. The minimum absolute atomic E-state index is 0.0449. The highest BCUT2D eigenvalue weighted by Crippen LogP contribution is 2.40. The summed E-state index contributed by atoms with van der Waals surface area (Å²) in [4.78, 5) is 14.6. The lowest BCUT2D eigenvalue weighted by Gasteiger charge is -2.38. The molecule has 6 heterocycles. The maximum absolute atomic E-state index is 13.3. The lowest BCUT2D eigenvalue weighted by molar-refractivity contribution is 0.234. The minimum Gasteiger partial charge on any atom is -0.351 e. The molecule has 0 saturated carbocycles. The highest BCUT2D eigenvalue weighted by Gasteiger charge is 2.47. The van der Waals surface area contributed by atoms with E-state index >= 15 is 0 Å². The molecular weight excluding hydrogens is 472 g/mol. The van der Waals surface area contributed by atoms with E-state index in [0.29, 0.717) is 30.4 Å². The quantitative estimate of drug-likeness (QED) is 0.369. The van der Waals surface area contributed by atoms with E-state index in [4.69, 9.17) is 9.97 Å². The lowest BCUT2D eigenvalue weighted by Crippen LogP contribution is -2.49. The SMILES string of the molecule is Cc1cc(Nc2nc(NC3CC4CCC(C3)N4S(=O)(=O)c3cccnc3)nc3sccc23)n[nH]1. The van der Waals surface area contributed by atoms with Gasteiger partial charge in [0.15, 0.2) is 5.82 Å². The number of hydrogen-bond donors (Lipinski definition) is 3. The highest BCUT2D eigenvalue weighted by molar-refractivity contribution is 7.89. The van der Waals surface area contributed by atoms with Gasteiger partial charge in [-0.15, -0.1) is 11.3 Å². The number of nitrogens with one attached hydrogen (secondary N) is 3. The van der Waals surface area contributed by atoms with E-state index < -0.39 is 10.0 Å². The molecule has 2 bridgehead atoms. The highest BCUT2D eigenvalue weighted by atomic mass is 32.2. The monoisotopic (exact) mass is 496 g/mol. The number of sulfonamides is 1. The van der Waals surface area contributed by atoms with E-state index in [2.05, 4.69) is 25.8 Å². The van der Waals surface area contributed by atoms with Crippen molar-refractivity contribution in [1.82, 2.24) is 29.5 Å². The summed E-state index contributed by atoms with van der Waals surface area (Å²) in [5, 5.41) is 16.9. The number of thiophene rings is 1. The van der Waals surface area contributed by atoms with Crippen LogP contribution in [0.1, 0.15) is 31.4 Å². The van der Waals surface area contributed by atoms with E-state index in [-0.39, 0.29) is 23.0 Å². The zero-order chi connectivity index (χ0) is 23.3. The van der Waals surface area contributed by atoms with E-state index in [1.54, 1.807) is 34.0 Å². The van der Waals surface area contributed by atoms with Gasteiger partial charge in [-0.05, 0) is 56.2 Å². The molecular formula is C22H24N8O2S2. The van der Waals surface area contributed by atoms with Crippen LogP contribution >= 0.6 is 11.3 Å². The summed E-state index contributed by atoms with van der Waals surface area (Å²) in [6, 6.07) is 7.20. The fraction of sp³-hybridized carbons (Fsp3) is 0.364. The van der Waals surface area contributed by atoms with Crippen molar-refractivity contribution in [3.63, 3.8) is 0 Å². The van der Waals surface area contributed by atoms with E-state index in [9.17, 15) is 8.42 Å². The molecule has 34 heavy (non-hydrogen) atoms. The molecule has 2 unspecified atom stereocenters. The molecule has 0 radical (unpaired) electrons. The summed E-state index contributed by atoms with van der Waals surface area (Å²) in [6.07, 6.45) is 6.16. The predicted molar refractivity (Wildman–Crippen MR) is 131 cm³/mol. The van der Waals surface area contributed by atoms with Crippen LogP contribution in [0.2, 0.25) is 0 Å². The van der Waals surface area contributed by atoms with E-state index in [1.165, 1.54) is 6.20 Å². The van der Waals surface area contributed by atoms with Gasteiger partial charge >= 0.3 is 0 Å². The molecule has 10 nitrogen and oxygen atoms in total. The summed E-state index contributed by atoms with van der Waals surface area (Å²) in [5.74, 6) is 1.93. The van der Waals surface area contributed by atoms with Crippen LogP contribution in [-0.4, -0.2) is 56.0 Å². The number of H-pyrrole nitrogens is 1. The fourth-order valence-corrected chi connectivity index (χ4v) is 7.69. The molecule has 0 spiro atoms. The van der Waals surface area contributed by atoms with Crippen LogP contribution in [0.25, 0.3) is 10.2 Å². The van der Waals surface area contributed by atoms with E-state index in [0.717, 1.165) is 28.8 Å². The van der Waals surface area contributed by atoms with Crippen molar-refractivity contribution in [3.05, 3.63) is 47.7 Å². The minimum atomic E-state index is -3.56. The standard InChI is InChI=1S/C22H24N8O2S2/c1-13-9-19(29-28-13)25-20-18-6-8-33-21(18)27-22(26-20)24-14-10-15-4-5-16(11-14)30(15)34(31,32)17-3-2-7-23-12-17/h2-3,6-9,12,14-16H,4-5,10-11H2,1H3,(H3,24,25,26,27,28,29). The Morgan fingerprint density at radius 3 is 2.71 bits per heavy atom. The van der Waals surface area contributed by atoms with Crippen LogP contribution in [0.5, 0.6) is 0 Å². The third-order valence-corrected chi connectivity index (χ3v) is 9.28. The normalized spacial score (nSPS) is 22.8. The van der Waals surface area contributed by atoms with Crippen LogP contribution in [0.3, 0.4) is 0 Å². The van der Waals surface area contributed by atoms with Crippen molar-refractivity contribution in [2.45, 2.75) is 55.6 Å². The van der Waals surface area contributed by atoms with Crippen LogP contribution < -0.4 is 10.6 Å². The topological polar surface area (TPSA) is 129 Å². The maximum Gasteiger partial charge on any atom is 0.245 e. The van der Waals surface area contributed by atoms with Gasteiger partial charge in [-0.25, -0.2) is 13.4 Å². The summed E-state index contributed by atoms with van der Waals surface area (Å²) in [7, 11) is -3.56. The molecule has 3 N–H and O–H groups in total. The Balaban J connectivity index is 1.23. The molecule has 0 aromatic carbocycles. The Kier molecular flexibility index (Phi) is 5.23. The zero-order valence-corrected chi connectivity index (χ0v) is 20.1. The molecule has 4 aromatic rings. The number of pyridine rings is 1. The number of aromatic nitrogens is 5. The lowest BCUT2D eigenvalue weighted by atomic mass is 10.00. The first kappa shape index (κ1) is 21.4. The summed E-state index contributed by atoms with van der Waals surface area (Å²) < 4.78 is 28.3. The van der Waals surface area contributed by atoms with Gasteiger partial charge in [-0.3, -0.25) is 10.1 Å². The molecule has 2 aliphatic rings. The van der Waals surface area contributed by atoms with Gasteiger partial charge in [0.25, 0.3) is 0 Å². The van der Waals surface area contributed by atoms with E-state index in [1.807, 2.05) is 24.4 Å². The first-order valence-electron chi connectivity index (χ1n) is 11.2. The van der Waals surface area contributed by atoms with Crippen molar-refractivity contribution in [3.8, 4) is 0 Å². The fourth-order valence-electron chi connectivity index (χ4n) is 5.07. The number of aromatic amines is 1. The number of piperidine rings is 1. The molecule has 2 atom stereocenters. The first-order valence-corrected chi connectivity index (χ1v) is 13.5. The van der Waals surface area contributed by atoms with Crippen LogP contribution in [0.4, 0.5) is 17.6 Å². The van der Waals surface area contributed by atoms with Gasteiger partial charge in [0.05, 0.1) is 5.39 Å². The Hall–Kier alpha value is -3.09. The number of fused-ring (bicyclic) bond motifs is 3. The van der Waals surface area contributed by atoms with Crippen molar-refractivity contribution in [2.75, 3.05) is 10.6 Å². The molecule has 2 fully saturated rings. The number of nitrogens with zero attached hydrogens (tertiary/aromatic N) is 5. The molecule has 176 valence electrons. The van der Waals surface area contributed by atoms with Crippen molar-refractivity contribution >= 4 is 49.2 Å². The molecule has 6 rings (SSSR count). The van der Waals surface area contributed by atoms with Crippen LogP contribution in [0, 0.1) is 6.92 Å². The molecule has 0 amide bonds. The third kappa shape index (κ3) is 3.81. The second-order valence-corrected chi connectivity index (χ2v) is 11.6. The third-order valence-electron chi connectivity index (χ3n) is 6.49. The summed E-state index contributed by atoms with van der Waals surface area (Å²) in [6.45, 7) is 1.94. The van der Waals surface area contributed by atoms with Gasteiger partial charge in [-0.1, -0.05) is 0 Å². The van der Waals surface area contributed by atoms with Crippen molar-refractivity contribution in [2.24, 2.45) is 0 Å². The summed E-state index contributed by atoms with van der Waals surface area (Å²) in [5.41, 5.74) is 0.958. The number of anilines is 3. The Labute approximate surface area is 200 Å². The Morgan fingerprint density at radius 1 is 1.18 bits per heavy atom. The average molecular weight is 497 g/mol. The summed E-state index contributed by atoms with van der Waals surface area (Å²) >= 11 is 1.56. The van der Waals surface area contributed by atoms with Crippen molar-refractivity contribution in [1.29, 1.82) is 0 Å². The Bertz CT molecular complexity index is 1420. The second kappa shape index (κ2) is 8.29. The van der Waals surface area contributed by atoms with Gasteiger partial charge in [0.1, 0.15) is 15.5 Å². The van der Waals surface area contributed by atoms with Gasteiger partial charge in [-0.2, -0.15) is 14.4 Å². The van der Waals surface area contributed by atoms with Gasteiger partial charge < -0.3 is 10.6 Å². The molecule has 4 aromatic heterocycles. The number of aryl methyl sites for hydroxylation is 1. The second-order valence-electron chi connectivity index (χ2n) is 8.82. The first-order chi connectivity index (χ1) is 16.5. The number of rotatable bonds is 6. The van der Waals surface area contributed by atoms with Crippen molar-refractivity contribution < 1.29 is 8.42 Å². The van der Waals surface area contributed by atoms with Gasteiger partial charge in [0.2, 0.25) is 16.0 Å². The average Bonchev–Trinajstić information content (AvgIpc) is 3.53. The van der Waals surface area contributed by atoms with Gasteiger partial charge in [0, 0.05) is 42.3 Å². The smallest absolute Gasteiger partial charge is 0.245 e. The Morgan fingerprint density at radius 2 is 2.00 bits per heavy atom. The number of hydrogen-bond acceptors (Lipinski definition) is 9. The molecule has 2 saturated heterocycles. The van der Waals surface area contributed by atoms with Crippen LogP contribution in [-0.2, 0) is 10.0 Å². The zero-order valence-electron chi connectivity index (χ0n) is 18.5. The van der Waals surface area contributed by atoms with Crippen LogP contribution in [0.15, 0.2) is 46.9 Å². The molecule has 2 aliphatic heterocycles.